The summed E-state index contributed by atoms with van der Waals surface area (Å²) in [5.41, 5.74) is 5.74. The minimum atomic E-state index is -0.476. The Hall–Kier alpha value is -1.57. The van der Waals surface area contributed by atoms with E-state index in [4.69, 9.17) is 5.73 Å². The van der Waals surface area contributed by atoms with Gasteiger partial charge in [-0.3, -0.25) is 10.1 Å². The molecule has 7 nitrogen and oxygen atoms in total. The molecule has 0 radical (unpaired) electrons. The van der Waals surface area contributed by atoms with E-state index in [1.807, 2.05) is 6.26 Å². The Labute approximate surface area is 122 Å². The zero-order valence-corrected chi connectivity index (χ0v) is 13.1. The summed E-state index contributed by atoms with van der Waals surface area (Å²) in [4.78, 5) is 18.5. The van der Waals surface area contributed by atoms with Gasteiger partial charge in [0.1, 0.15) is 5.69 Å². The van der Waals surface area contributed by atoms with E-state index in [0.29, 0.717) is 6.54 Å². The van der Waals surface area contributed by atoms with E-state index in [1.165, 1.54) is 0 Å². The molecule has 0 aliphatic carbocycles. The molecule has 0 aliphatic heterocycles. The number of hydrogen-bond donors (Lipinski definition) is 2. The lowest BCUT2D eigenvalue weighted by molar-refractivity contribution is -0.385. The molecule has 0 saturated carbocycles. The van der Waals surface area contributed by atoms with E-state index in [0.717, 1.165) is 12.8 Å². The Bertz CT molecular complexity index is 483. The number of nitrogens with zero attached hydrogens (tertiary/aromatic N) is 3. The second-order valence-electron chi connectivity index (χ2n) is 4.57. The second kappa shape index (κ2) is 6.74. The number of nitrogens with two attached hydrogens (primary N) is 1. The molecule has 1 rings (SSSR count). The first-order valence-corrected chi connectivity index (χ1v) is 7.69. The van der Waals surface area contributed by atoms with Crippen LogP contribution >= 0.6 is 11.8 Å². The SMILES string of the molecule is CCC(CC)(CNc1nc(N)nc(C)c1[N+](=O)[O-])SC. The van der Waals surface area contributed by atoms with Crippen LogP contribution in [-0.2, 0) is 0 Å². The highest BCUT2D eigenvalue weighted by molar-refractivity contribution is 8.00. The summed E-state index contributed by atoms with van der Waals surface area (Å²) >= 11 is 1.75. The standard InChI is InChI=1S/C12H21N5O2S/c1-5-12(6-2,20-4)7-14-10-9(17(18)19)8(3)15-11(13)16-10/h5-7H2,1-4H3,(H3,13,14,15,16). The fourth-order valence-electron chi connectivity index (χ4n) is 2.04. The predicted molar refractivity (Wildman–Crippen MR) is 83.2 cm³/mol. The van der Waals surface area contributed by atoms with Gasteiger partial charge in [0.2, 0.25) is 11.8 Å². The Balaban J connectivity index is 3.06. The van der Waals surface area contributed by atoms with Gasteiger partial charge in [-0.15, -0.1) is 0 Å². The molecule has 8 heteroatoms. The molecular weight excluding hydrogens is 278 g/mol. The lowest BCUT2D eigenvalue weighted by Gasteiger charge is -2.29. The second-order valence-corrected chi connectivity index (χ2v) is 5.84. The lowest BCUT2D eigenvalue weighted by atomic mass is 10.0. The van der Waals surface area contributed by atoms with Crippen LogP contribution in [0.5, 0.6) is 0 Å². The molecule has 1 aromatic heterocycles. The van der Waals surface area contributed by atoms with E-state index < -0.39 is 4.92 Å². The van der Waals surface area contributed by atoms with E-state index in [1.54, 1.807) is 18.7 Å². The van der Waals surface area contributed by atoms with E-state index >= 15 is 0 Å². The van der Waals surface area contributed by atoms with E-state index in [2.05, 4.69) is 29.1 Å². The highest BCUT2D eigenvalue weighted by atomic mass is 32.2. The third-order valence-corrected chi connectivity index (χ3v) is 5.15. The van der Waals surface area contributed by atoms with Crippen LogP contribution in [0.25, 0.3) is 0 Å². The van der Waals surface area contributed by atoms with Gasteiger partial charge in [-0.1, -0.05) is 13.8 Å². The summed E-state index contributed by atoms with van der Waals surface area (Å²) in [6.45, 7) is 6.37. The van der Waals surface area contributed by atoms with Gasteiger partial charge in [0.25, 0.3) is 0 Å². The minimum absolute atomic E-state index is 0.0293. The number of hydrogen-bond acceptors (Lipinski definition) is 7. The zero-order chi connectivity index (χ0) is 15.3. The maximum absolute atomic E-state index is 11.1. The summed E-state index contributed by atoms with van der Waals surface area (Å²) in [5.74, 6) is 0.235. The number of aromatic nitrogens is 2. The van der Waals surface area contributed by atoms with Crippen LogP contribution in [0.4, 0.5) is 17.5 Å². The van der Waals surface area contributed by atoms with Crippen molar-refractivity contribution in [3.05, 3.63) is 15.8 Å². The first-order chi connectivity index (χ1) is 9.39. The van der Waals surface area contributed by atoms with Crippen molar-refractivity contribution in [2.75, 3.05) is 23.9 Å². The number of nitrogen functional groups attached to an aromatic ring is 1. The third-order valence-electron chi connectivity index (χ3n) is 3.56. The van der Waals surface area contributed by atoms with E-state index in [-0.39, 0.29) is 27.9 Å². The van der Waals surface area contributed by atoms with Crippen molar-refractivity contribution in [2.45, 2.75) is 38.4 Å². The molecule has 0 aromatic carbocycles. The normalized spacial score (nSPS) is 11.4. The predicted octanol–water partition coefficient (Wildman–Crippen LogP) is 2.61. The largest absolute Gasteiger partial charge is 0.368 e. The van der Waals surface area contributed by atoms with Crippen molar-refractivity contribution in [3.8, 4) is 0 Å². The van der Waals surface area contributed by atoms with Crippen molar-refractivity contribution in [1.82, 2.24) is 9.97 Å². The Kier molecular flexibility index (Phi) is 5.55. The molecular formula is C12H21N5O2S. The molecule has 0 atom stereocenters. The number of thioether (sulfide) groups is 1. The maximum atomic E-state index is 11.1. The van der Waals surface area contributed by atoms with Gasteiger partial charge < -0.3 is 11.1 Å². The fraction of sp³-hybridized carbons (Fsp3) is 0.667. The summed E-state index contributed by atoms with van der Waals surface area (Å²) in [7, 11) is 0. The number of nitro groups is 1. The molecule has 0 unspecified atom stereocenters. The molecule has 112 valence electrons. The third kappa shape index (κ3) is 3.50. The summed E-state index contributed by atoms with van der Waals surface area (Å²) in [6.07, 6.45) is 3.97. The molecule has 20 heavy (non-hydrogen) atoms. The van der Waals surface area contributed by atoms with Crippen LogP contribution in [-0.4, -0.2) is 32.4 Å². The quantitative estimate of drug-likeness (QED) is 0.588. The molecule has 0 saturated heterocycles. The van der Waals surface area contributed by atoms with E-state index in [9.17, 15) is 10.1 Å². The molecule has 0 bridgehead atoms. The van der Waals surface area contributed by atoms with Crippen LogP contribution in [0.2, 0.25) is 0 Å². The average molecular weight is 299 g/mol. The molecule has 1 heterocycles. The highest BCUT2D eigenvalue weighted by Crippen LogP contribution is 2.32. The molecule has 0 spiro atoms. The molecule has 0 amide bonds. The number of aryl methyl sites for hydroxylation is 1. The summed E-state index contributed by atoms with van der Waals surface area (Å²) in [5, 5.41) is 14.2. The van der Waals surface area contributed by atoms with Crippen molar-refractivity contribution < 1.29 is 4.92 Å². The van der Waals surface area contributed by atoms with Crippen LogP contribution < -0.4 is 11.1 Å². The maximum Gasteiger partial charge on any atom is 0.332 e. The van der Waals surface area contributed by atoms with Gasteiger partial charge in [0.05, 0.1) is 4.92 Å². The Morgan fingerprint density at radius 1 is 1.40 bits per heavy atom. The van der Waals surface area contributed by atoms with Crippen molar-refractivity contribution in [3.63, 3.8) is 0 Å². The zero-order valence-electron chi connectivity index (χ0n) is 12.3. The smallest absolute Gasteiger partial charge is 0.332 e. The fourth-order valence-corrected chi connectivity index (χ4v) is 2.83. The van der Waals surface area contributed by atoms with Crippen molar-refractivity contribution in [2.24, 2.45) is 0 Å². The van der Waals surface area contributed by atoms with Gasteiger partial charge in [-0.2, -0.15) is 16.7 Å². The monoisotopic (exact) mass is 299 g/mol. The Morgan fingerprint density at radius 2 is 2.00 bits per heavy atom. The van der Waals surface area contributed by atoms with Gasteiger partial charge in [-0.05, 0) is 26.0 Å². The van der Waals surface area contributed by atoms with Crippen molar-refractivity contribution >= 4 is 29.2 Å². The van der Waals surface area contributed by atoms with Gasteiger partial charge in [-0.25, -0.2) is 4.98 Å². The highest BCUT2D eigenvalue weighted by Gasteiger charge is 2.27. The van der Waals surface area contributed by atoms with Crippen LogP contribution in [0, 0.1) is 17.0 Å². The number of anilines is 2. The van der Waals surface area contributed by atoms with Gasteiger partial charge in [0.15, 0.2) is 0 Å². The first kappa shape index (κ1) is 16.5. The van der Waals surface area contributed by atoms with Crippen LogP contribution in [0.3, 0.4) is 0 Å². The van der Waals surface area contributed by atoms with Gasteiger partial charge >= 0.3 is 5.69 Å². The minimum Gasteiger partial charge on any atom is -0.368 e. The molecule has 1 aromatic rings. The van der Waals surface area contributed by atoms with Crippen LogP contribution in [0.1, 0.15) is 32.4 Å². The molecule has 0 aliphatic rings. The molecule has 3 N–H and O–H groups in total. The number of rotatable bonds is 7. The van der Waals surface area contributed by atoms with Crippen LogP contribution in [0.15, 0.2) is 0 Å². The van der Waals surface area contributed by atoms with Crippen molar-refractivity contribution in [1.29, 1.82) is 0 Å². The van der Waals surface area contributed by atoms with Gasteiger partial charge in [0, 0.05) is 11.3 Å². The molecule has 0 fully saturated rings. The average Bonchev–Trinajstić information content (AvgIpc) is 2.39. The topological polar surface area (TPSA) is 107 Å². The Morgan fingerprint density at radius 3 is 2.45 bits per heavy atom. The summed E-state index contributed by atoms with van der Waals surface area (Å²) < 4.78 is 0.0293. The lowest BCUT2D eigenvalue weighted by Crippen LogP contribution is -2.32. The number of nitrogens with one attached hydrogen (secondary N) is 1. The first-order valence-electron chi connectivity index (χ1n) is 6.46. The summed E-state index contributed by atoms with van der Waals surface area (Å²) in [6, 6.07) is 0.